The maximum Gasteiger partial charge on any atom is 0.107 e. The van der Waals surface area contributed by atoms with Gasteiger partial charge < -0.3 is 0 Å². The molecule has 0 saturated heterocycles. The molecule has 0 heterocycles. The molecule has 0 amide bonds. The lowest BCUT2D eigenvalue weighted by Gasteiger charge is -2.48. The molecular formula is C22H14. The predicted molar refractivity (Wildman–Crippen MR) is 89.0 cm³/mol. The Balaban J connectivity index is 2.03. The number of rotatable bonds is 0. The van der Waals surface area contributed by atoms with Gasteiger partial charge in [-0.2, -0.15) is 0 Å². The molecular weight excluding hydrogens is 264 g/mol. The normalized spacial score (nSPS) is 23.1. The molecule has 2 bridgehead atoms. The van der Waals surface area contributed by atoms with Crippen LogP contribution in [-0.2, 0) is 5.41 Å². The van der Waals surface area contributed by atoms with Crippen LogP contribution in [0.3, 0.4) is 0 Å². The highest BCUT2D eigenvalue weighted by atomic mass is 14.5. The van der Waals surface area contributed by atoms with Crippen LogP contribution in [0.4, 0.5) is 0 Å². The molecule has 0 N–H and O–H groups in total. The summed E-state index contributed by atoms with van der Waals surface area (Å²) in [6.07, 6.45) is 6.17. The Bertz CT molecular complexity index is 840. The average Bonchev–Trinajstić information content (AvgIpc) is 2.61. The van der Waals surface area contributed by atoms with Gasteiger partial charge in [-0.05, 0) is 33.4 Å². The minimum Gasteiger partial charge on any atom is -0.118 e. The van der Waals surface area contributed by atoms with E-state index in [1.807, 2.05) is 0 Å². The molecule has 3 aliphatic carbocycles. The molecule has 102 valence electrons. The molecule has 0 radical (unpaired) electrons. The van der Waals surface area contributed by atoms with Crippen LogP contribution >= 0.6 is 0 Å². The first kappa shape index (κ1) is 11.8. The smallest absolute Gasteiger partial charge is 0.107 e. The van der Waals surface area contributed by atoms with Crippen LogP contribution in [0.2, 0.25) is 0 Å². The van der Waals surface area contributed by atoms with Gasteiger partial charge in [0.25, 0.3) is 0 Å². The van der Waals surface area contributed by atoms with Crippen LogP contribution in [0.1, 0.15) is 39.3 Å². The van der Waals surface area contributed by atoms with E-state index in [1.165, 1.54) is 33.4 Å². The van der Waals surface area contributed by atoms with Gasteiger partial charge in [-0.3, -0.25) is 0 Å². The molecule has 0 heteroatoms. The SMILES string of the molecule is C#CC12c3ccccc3C(c3ccccc31)c1ccccc12. The fourth-order valence-corrected chi connectivity index (χ4v) is 4.44. The zero-order valence-electron chi connectivity index (χ0n) is 12.1. The van der Waals surface area contributed by atoms with Crippen LogP contribution in [-0.4, -0.2) is 0 Å². The Morgan fingerprint density at radius 3 is 1.36 bits per heavy atom. The monoisotopic (exact) mass is 278 g/mol. The van der Waals surface area contributed by atoms with E-state index in [1.54, 1.807) is 0 Å². The van der Waals surface area contributed by atoms with E-state index in [-0.39, 0.29) is 0 Å². The Kier molecular flexibility index (Phi) is 2.10. The van der Waals surface area contributed by atoms with E-state index < -0.39 is 5.41 Å². The highest BCUT2D eigenvalue weighted by molar-refractivity contribution is 5.75. The molecule has 0 spiro atoms. The number of hydrogen-bond acceptors (Lipinski definition) is 0. The van der Waals surface area contributed by atoms with Crippen molar-refractivity contribution in [2.24, 2.45) is 0 Å². The summed E-state index contributed by atoms with van der Waals surface area (Å²) in [6.45, 7) is 0. The highest BCUT2D eigenvalue weighted by Gasteiger charge is 2.50. The van der Waals surface area contributed by atoms with Gasteiger partial charge in [0.1, 0.15) is 5.41 Å². The molecule has 22 heavy (non-hydrogen) atoms. The Morgan fingerprint density at radius 2 is 1.00 bits per heavy atom. The van der Waals surface area contributed by atoms with E-state index in [4.69, 9.17) is 6.42 Å². The standard InChI is InChI=1S/C22H14/c1-2-22-18-12-6-3-9-15(18)21(16-10-4-7-13-19(16)22)17-11-5-8-14-20(17)22/h1,3-14,21H. The van der Waals surface area contributed by atoms with Gasteiger partial charge >= 0.3 is 0 Å². The van der Waals surface area contributed by atoms with Crippen molar-refractivity contribution in [3.63, 3.8) is 0 Å². The largest absolute Gasteiger partial charge is 0.118 e. The predicted octanol–water partition coefficient (Wildman–Crippen LogP) is 4.46. The van der Waals surface area contributed by atoms with E-state index in [0.717, 1.165) is 0 Å². The fraction of sp³-hybridized carbons (Fsp3) is 0.0909. The molecule has 0 unspecified atom stereocenters. The van der Waals surface area contributed by atoms with Crippen LogP contribution in [0, 0.1) is 12.3 Å². The van der Waals surface area contributed by atoms with Crippen LogP contribution < -0.4 is 0 Å². The number of terminal acetylenes is 1. The lowest BCUT2D eigenvalue weighted by molar-refractivity contribution is 0.667. The maximum absolute atomic E-state index is 6.17. The van der Waals surface area contributed by atoms with Gasteiger partial charge in [0.05, 0.1) is 0 Å². The molecule has 0 fully saturated rings. The summed E-state index contributed by atoms with van der Waals surface area (Å²) in [5.74, 6) is 3.48. The van der Waals surface area contributed by atoms with Gasteiger partial charge in [0.2, 0.25) is 0 Å². The zero-order chi connectivity index (χ0) is 14.7. The fourth-order valence-electron chi connectivity index (χ4n) is 4.44. The second-order valence-electron chi connectivity index (χ2n) is 6.09. The first-order valence-corrected chi connectivity index (χ1v) is 7.64. The third kappa shape index (κ3) is 1.13. The van der Waals surface area contributed by atoms with Crippen LogP contribution in [0.5, 0.6) is 0 Å². The van der Waals surface area contributed by atoms with Gasteiger partial charge in [0, 0.05) is 5.92 Å². The Hall–Kier alpha value is -2.78. The summed E-state index contributed by atoms with van der Waals surface area (Å²) in [7, 11) is 0. The molecule has 0 nitrogen and oxygen atoms in total. The van der Waals surface area contributed by atoms with Crippen molar-refractivity contribution in [1.29, 1.82) is 0 Å². The van der Waals surface area contributed by atoms with E-state index in [9.17, 15) is 0 Å². The van der Waals surface area contributed by atoms with Crippen molar-refractivity contribution < 1.29 is 0 Å². The molecule has 3 aromatic carbocycles. The van der Waals surface area contributed by atoms with Gasteiger partial charge in [-0.15, -0.1) is 6.42 Å². The summed E-state index contributed by atoms with van der Waals surface area (Å²) in [5, 5.41) is 0. The first-order valence-electron chi connectivity index (χ1n) is 7.64. The minimum absolute atomic E-state index is 0.304. The van der Waals surface area contributed by atoms with Gasteiger partial charge in [-0.25, -0.2) is 0 Å². The number of hydrogen-bond donors (Lipinski definition) is 0. The molecule has 6 rings (SSSR count). The lowest BCUT2D eigenvalue weighted by Crippen LogP contribution is -2.41. The zero-order valence-corrected chi connectivity index (χ0v) is 12.1. The molecule has 0 saturated carbocycles. The molecule has 3 aliphatic rings. The van der Waals surface area contributed by atoms with Gasteiger partial charge in [-0.1, -0.05) is 78.7 Å². The minimum atomic E-state index is -0.446. The summed E-state index contributed by atoms with van der Waals surface area (Å²) in [5.41, 5.74) is 7.46. The van der Waals surface area contributed by atoms with Crippen molar-refractivity contribution in [2.75, 3.05) is 0 Å². The third-order valence-electron chi connectivity index (χ3n) is 5.24. The van der Waals surface area contributed by atoms with E-state index in [2.05, 4.69) is 78.7 Å². The van der Waals surface area contributed by atoms with Crippen molar-refractivity contribution in [1.82, 2.24) is 0 Å². The van der Waals surface area contributed by atoms with Crippen molar-refractivity contribution >= 4 is 0 Å². The molecule has 0 atom stereocenters. The van der Waals surface area contributed by atoms with Crippen molar-refractivity contribution in [3.05, 3.63) is 106 Å². The summed E-state index contributed by atoms with van der Waals surface area (Å²) in [6, 6.07) is 26.0. The number of benzene rings is 3. The Morgan fingerprint density at radius 1 is 0.636 bits per heavy atom. The van der Waals surface area contributed by atoms with E-state index in [0.29, 0.717) is 5.92 Å². The van der Waals surface area contributed by atoms with Crippen LogP contribution in [0.25, 0.3) is 0 Å². The third-order valence-corrected chi connectivity index (χ3v) is 5.24. The summed E-state index contributed by atoms with van der Waals surface area (Å²) in [4.78, 5) is 0. The van der Waals surface area contributed by atoms with Gasteiger partial charge in [0.15, 0.2) is 0 Å². The second-order valence-corrected chi connectivity index (χ2v) is 6.09. The van der Waals surface area contributed by atoms with Crippen molar-refractivity contribution in [3.8, 4) is 12.3 Å². The highest BCUT2D eigenvalue weighted by Crippen LogP contribution is 2.58. The van der Waals surface area contributed by atoms with E-state index >= 15 is 0 Å². The molecule has 0 aromatic heterocycles. The lowest BCUT2D eigenvalue weighted by atomic mass is 9.53. The molecule has 0 aliphatic heterocycles. The van der Waals surface area contributed by atoms with Crippen molar-refractivity contribution in [2.45, 2.75) is 11.3 Å². The topological polar surface area (TPSA) is 0 Å². The second kappa shape index (κ2) is 3.90. The maximum atomic E-state index is 6.17. The van der Waals surface area contributed by atoms with Crippen LogP contribution in [0.15, 0.2) is 72.8 Å². The molecule has 3 aromatic rings. The average molecular weight is 278 g/mol. The first-order chi connectivity index (χ1) is 10.9. The quantitative estimate of drug-likeness (QED) is 0.533. The Labute approximate surface area is 130 Å². The summed E-state index contributed by atoms with van der Waals surface area (Å²) < 4.78 is 0. The summed E-state index contributed by atoms with van der Waals surface area (Å²) >= 11 is 0.